The number of ether oxygens (including phenoxy) is 1. The van der Waals surface area contributed by atoms with Crippen LogP contribution in [0.2, 0.25) is 0 Å². The van der Waals surface area contributed by atoms with Gasteiger partial charge in [0.05, 0.1) is 27.3 Å². The van der Waals surface area contributed by atoms with E-state index in [0.29, 0.717) is 18.7 Å². The number of hydrogen-bond acceptors (Lipinski definition) is 5. The lowest BCUT2D eigenvalue weighted by atomic mass is 10.1. The van der Waals surface area contributed by atoms with E-state index in [1.165, 1.54) is 11.3 Å². The summed E-state index contributed by atoms with van der Waals surface area (Å²) in [6.07, 6.45) is 0. The Balaban J connectivity index is 2.09. The largest absolute Gasteiger partial charge is 0.378 e. The molecule has 19 heavy (non-hydrogen) atoms. The number of halogens is 2. The Morgan fingerprint density at radius 1 is 1.53 bits per heavy atom. The molecular formula is C11H12Br2N2O3S. The quantitative estimate of drug-likeness (QED) is 0.764. The predicted molar refractivity (Wildman–Crippen MR) is 79.4 cm³/mol. The summed E-state index contributed by atoms with van der Waals surface area (Å²) in [6.45, 7) is 1.45. The summed E-state index contributed by atoms with van der Waals surface area (Å²) in [7, 11) is 0. The molecule has 1 aliphatic rings. The number of nitrogens with two attached hydrogens (primary N) is 1. The van der Waals surface area contributed by atoms with Crippen molar-refractivity contribution in [2.75, 3.05) is 26.3 Å². The molecule has 1 unspecified atom stereocenters. The number of carbonyl (C=O) groups is 2. The second-order valence-corrected chi connectivity index (χ2v) is 7.87. The van der Waals surface area contributed by atoms with Gasteiger partial charge in [-0.1, -0.05) is 0 Å². The maximum Gasteiger partial charge on any atom is 0.237 e. The summed E-state index contributed by atoms with van der Waals surface area (Å²) in [5, 5.41) is 0. The van der Waals surface area contributed by atoms with Crippen LogP contribution in [0, 0.1) is 0 Å². The van der Waals surface area contributed by atoms with Crippen molar-refractivity contribution in [3.63, 3.8) is 0 Å². The lowest BCUT2D eigenvalue weighted by Crippen LogP contribution is -2.53. The average molecular weight is 412 g/mol. The SMILES string of the molecule is NC(=O)C1COCCN1CC(=O)c1cc(Br)sc1Br. The van der Waals surface area contributed by atoms with Gasteiger partial charge in [0.15, 0.2) is 5.78 Å². The Kier molecular flexibility index (Phi) is 5.13. The molecule has 0 radical (unpaired) electrons. The monoisotopic (exact) mass is 410 g/mol. The van der Waals surface area contributed by atoms with Crippen LogP contribution in [0.25, 0.3) is 0 Å². The van der Waals surface area contributed by atoms with Crippen LogP contribution in [0.3, 0.4) is 0 Å². The van der Waals surface area contributed by atoms with Crippen molar-refractivity contribution < 1.29 is 14.3 Å². The third kappa shape index (κ3) is 3.63. The summed E-state index contributed by atoms with van der Waals surface area (Å²) in [5.41, 5.74) is 5.94. The number of hydrogen-bond donors (Lipinski definition) is 1. The summed E-state index contributed by atoms with van der Waals surface area (Å²) in [5.74, 6) is -0.500. The number of carbonyl (C=O) groups excluding carboxylic acids is 2. The first-order chi connectivity index (χ1) is 8.99. The van der Waals surface area contributed by atoms with Crippen molar-refractivity contribution in [3.05, 3.63) is 19.2 Å². The topological polar surface area (TPSA) is 72.6 Å². The molecular weight excluding hydrogens is 400 g/mol. The molecule has 5 nitrogen and oxygen atoms in total. The molecule has 0 bridgehead atoms. The van der Waals surface area contributed by atoms with E-state index in [4.69, 9.17) is 10.5 Å². The van der Waals surface area contributed by atoms with Gasteiger partial charge >= 0.3 is 0 Å². The molecule has 1 aromatic rings. The third-order valence-electron chi connectivity index (χ3n) is 2.87. The van der Waals surface area contributed by atoms with Crippen molar-refractivity contribution in [2.24, 2.45) is 5.73 Å². The molecule has 0 spiro atoms. The third-order valence-corrected chi connectivity index (χ3v) is 5.21. The maximum atomic E-state index is 12.2. The van der Waals surface area contributed by atoms with Crippen LogP contribution in [0.1, 0.15) is 10.4 Å². The van der Waals surface area contributed by atoms with Gasteiger partial charge in [0.1, 0.15) is 6.04 Å². The van der Waals surface area contributed by atoms with Crippen LogP contribution >= 0.6 is 43.2 Å². The minimum Gasteiger partial charge on any atom is -0.378 e. The van der Waals surface area contributed by atoms with Crippen LogP contribution in [-0.2, 0) is 9.53 Å². The van der Waals surface area contributed by atoms with Crippen LogP contribution < -0.4 is 5.73 Å². The Bertz CT molecular complexity index is 506. The molecule has 2 N–H and O–H groups in total. The summed E-state index contributed by atoms with van der Waals surface area (Å²) >= 11 is 8.14. The molecule has 2 heterocycles. The zero-order valence-corrected chi connectivity index (χ0v) is 13.9. The predicted octanol–water partition coefficient (Wildman–Crippen LogP) is 1.64. The van der Waals surface area contributed by atoms with Gasteiger partial charge in [-0.25, -0.2) is 0 Å². The Morgan fingerprint density at radius 3 is 2.84 bits per heavy atom. The lowest BCUT2D eigenvalue weighted by Gasteiger charge is -2.32. The van der Waals surface area contributed by atoms with Gasteiger partial charge in [-0.3, -0.25) is 14.5 Å². The van der Waals surface area contributed by atoms with Gasteiger partial charge in [0, 0.05) is 12.1 Å². The number of Topliss-reactive ketones (excluding diaryl/α,β-unsaturated/α-hetero) is 1. The van der Waals surface area contributed by atoms with Crippen LogP contribution in [-0.4, -0.2) is 48.9 Å². The summed E-state index contributed by atoms with van der Waals surface area (Å²) in [6, 6.07) is 1.25. The molecule has 0 aromatic carbocycles. The average Bonchev–Trinajstić information content (AvgIpc) is 2.69. The molecule has 1 aliphatic heterocycles. The first-order valence-electron chi connectivity index (χ1n) is 5.58. The number of primary amides is 1. The van der Waals surface area contributed by atoms with Crippen molar-refractivity contribution >= 4 is 54.9 Å². The molecule has 2 rings (SSSR count). The van der Waals surface area contributed by atoms with Gasteiger partial charge < -0.3 is 10.5 Å². The first kappa shape index (κ1) is 15.1. The summed E-state index contributed by atoms with van der Waals surface area (Å²) in [4.78, 5) is 25.3. The van der Waals surface area contributed by atoms with E-state index in [9.17, 15) is 9.59 Å². The minimum absolute atomic E-state index is 0.0398. The van der Waals surface area contributed by atoms with E-state index in [2.05, 4.69) is 31.9 Å². The second-order valence-electron chi connectivity index (χ2n) is 4.12. The smallest absolute Gasteiger partial charge is 0.237 e. The van der Waals surface area contributed by atoms with Crippen molar-refractivity contribution in [1.29, 1.82) is 0 Å². The standard InChI is InChI=1S/C11H12Br2N2O3S/c12-9-3-6(10(13)19-9)8(16)4-15-1-2-18-5-7(15)11(14)17/h3,7H,1-2,4-5H2,(H2,14,17). The minimum atomic E-state index is -0.529. The van der Waals surface area contributed by atoms with E-state index in [1.807, 2.05) is 0 Å². The number of nitrogens with zero attached hydrogens (tertiary/aromatic N) is 1. The van der Waals surface area contributed by atoms with E-state index >= 15 is 0 Å². The fraction of sp³-hybridized carbons (Fsp3) is 0.455. The zero-order valence-electron chi connectivity index (χ0n) is 9.90. The van der Waals surface area contributed by atoms with Gasteiger partial charge in [-0.2, -0.15) is 0 Å². The molecule has 1 atom stereocenters. The first-order valence-corrected chi connectivity index (χ1v) is 7.98. The Morgan fingerprint density at radius 2 is 2.26 bits per heavy atom. The van der Waals surface area contributed by atoms with Crippen molar-refractivity contribution in [3.8, 4) is 0 Å². The second kappa shape index (κ2) is 6.45. The molecule has 8 heteroatoms. The van der Waals surface area contributed by atoms with E-state index in [0.717, 1.165) is 7.57 Å². The van der Waals surface area contributed by atoms with Crippen molar-refractivity contribution in [1.82, 2.24) is 4.90 Å². The molecule has 1 aromatic heterocycles. The number of rotatable bonds is 4. The molecule has 1 fully saturated rings. The molecule has 0 saturated carbocycles. The normalized spacial score (nSPS) is 20.4. The van der Waals surface area contributed by atoms with E-state index in [1.54, 1.807) is 11.0 Å². The molecule has 0 aliphatic carbocycles. The number of ketones is 1. The fourth-order valence-electron chi connectivity index (χ4n) is 1.89. The van der Waals surface area contributed by atoms with E-state index in [-0.39, 0.29) is 18.9 Å². The van der Waals surface area contributed by atoms with Crippen LogP contribution in [0.15, 0.2) is 13.6 Å². The molecule has 1 saturated heterocycles. The van der Waals surface area contributed by atoms with Gasteiger partial charge in [0.2, 0.25) is 5.91 Å². The molecule has 1 amide bonds. The van der Waals surface area contributed by atoms with Crippen molar-refractivity contribution in [2.45, 2.75) is 6.04 Å². The lowest BCUT2D eigenvalue weighted by molar-refractivity contribution is -0.128. The highest BCUT2D eigenvalue weighted by Crippen LogP contribution is 2.32. The number of thiophene rings is 1. The highest BCUT2D eigenvalue weighted by atomic mass is 79.9. The van der Waals surface area contributed by atoms with E-state index < -0.39 is 11.9 Å². The molecule has 104 valence electrons. The highest BCUT2D eigenvalue weighted by Gasteiger charge is 2.29. The van der Waals surface area contributed by atoms with Gasteiger partial charge in [-0.05, 0) is 37.9 Å². The number of morpholine rings is 1. The Labute approximate surface area is 131 Å². The highest BCUT2D eigenvalue weighted by molar-refractivity contribution is 9.12. The van der Waals surface area contributed by atoms with Crippen LogP contribution in [0.4, 0.5) is 0 Å². The fourth-order valence-corrected chi connectivity index (χ4v) is 4.74. The Hall–Kier alpha value is -0.280. The zero-order chi connectivity index (χ0) is 14.0. The van der Waals surface area contributed by atoms with Gasteiger partial charge in [-0.15, -0.1) is 11.3 Å². The van der Waals surface area contributed by atoms with Crippen LogP contribution in [0.5, 0.6) is 0 Å². The van der Waals surface area contributed by atoms with Gasteiger partial charge in [0.25, 0.3) is 0 Å². The number of amides is 1. The maximum absolute atomic E-state index is 12.2. The summed E-state index contributed by atoms with van der Waals surface area (Å²) < 4.78 is 6.89.